The third-order valence-electron chi connectivity index (χ3n) is 2.05. The van der Waals surface area contributed by atoms with Crippen LogP contribution in [-0.4, -0.2) is 29.6 Å². The first-order chi connectivity index (χ1) is 7.99. The largest absolute Gasteiger partial charge is 0.480 e. The molecule has 0 fully saturated rings. The van der Waals surface area contributed by atoms with Crippen LogP contribution in [0.1, 0.15) is 6.92 Å². The van der Waals surface area contributed by atoms with E-state index in [0.717, 1.165) is 5.69 Å². The summed E-state index contributed by atoms with van der Waals surface area (Å²) in [5.74, 6) is -1.44. The lowest BCUT2D eigenvalue weighted by molar-refractivity contribution is -0.141. The molecule has 0 bridgehead atoms. The number of hydrogen-bond donors (Lipinski definition) is 3. The summed E-state index contributed by atoms with van der Waals surface area (Å²) in [6.07, 6.45) is 0. The summed E-state index contributed by atoms with van der Waals surface area (Å²) in [6.45, 7) is 1.42. The van der Waals surface area contributed by atoms with Crippen molar-refractivity contribution < 1.29 is 14.7 Å². The molecule has 92 valence electrons. The highest BCUT2D eigenvalue weighted by Crippen LogP contribution is 2.12. The molecule has 1 aromatic carbocycles. The van der Waals surface area contributed by atoms with Gasteiger partial charge in [0.1, 0.15) is 6.04 Å². The maximum Gasteiger partial charge on any atom is 0.325 e. The Hall–Kier alpha value is -1.75. The molecule has 1 aromatic rings. The van der Waals surface area contributed by atoms with Gasteiger partial charge in [0, 0.05) is 10.7 Å². The van der Waals surface area contributed by atoms with E-state index in [4.69, 9.17) is 16.7 Å². The topological polar surface area (TPSA) is 78.4 Å². The third-order valence-corrected chi connectivity index (χ3v) is 2.30. The van der Waals surface area contributed by atoms with Gasteiger partial charge in [0.25, 0.3) is 0 Å². The van der Waals surface area contributed by atoms with E-state index in [1.165, 1.54) is 6.92 Å². The Morgan fingerprint density at radius 2 is 1.94 bits per heavy atom. The summed E-state index contributed by atoms with van der Waals surface area (Å²) >= 11 is 5.71. The lowest BCUT2D eigenvalue weighted by atomic mass is 10.3. The molecule has 0 spiro atoms. The molecule has 6 heteroatoms. The van der Waals surface area contributed by atoms with E-state index in [1.807, 2.05) is 0 Å². The molecular weight excluding hydrogens is 244 g/mol. The molecule has 1 amide bonds. The number of halogens is 1. The van der Waals surface area contributed by atoms with E-state index in [1.54, 1.807) is 24.3 Å². The van der Waals surface area contributed by atoms with Gasteiger partial charge in [0.05, 0.1) is 6.54 Å². The van der Waals surface area contributed by atoms with E-state index in [-0.39, 0.29) is 12.5 Å². The summed E-state index contributed by atoms with van der Waals surface area (Å²) < 4.78 is 0. The van der Waals surface area contributed by atoms with Gasteiger partial charge in [0.2, 0.25) is 5.91 Å². The summed E-state index contributed by atoms with van der Waals surface area (Å²) in [5, 5.41) is 14.4. The molecule has 0 radical (unpaired) electrons. The number of anilines is 1. The van der Waals surface area contributed by atoms with Crippen LogP contribution in [0.2, 0.25) is 5.02 Å². The molecule has 0 aliphatic rings. The quantitative estimate of drug-likeness (QED) is 0.743. The van der Waals surface area contributed by atoms with Crippen molar-refractivity contribution in [2.45, 2.75) is 13.0 Å². The van der Waals surface area contributed by atoms with Crippen LogP contribution in [-0.2, 0) is 9.59 Å². The molecule has 3 N–H and O–H groups in total. The van der Waals surface area contributed by atoms with Crippen LogP contribution in [0.15, 0.2) is 24.3 Å². The van der Waals surface area contributed by atoms with Gasteiger partial charge in [-0.1, -0.05) is 11.6 Å². The van der Waals surface area contributed by atoms with Crippen molar-refractivity contribution in [2.24, 2.45) is 0 Å². The monoisotopic (exact) mass is 256 g/mol. The van der Waals surface area contributed by atoms with Crippen molar-refractivity contribution in [3.63, 3.8) is 0 Å². The van der Waals surface area contributed by atoms with E-state index in [2.05, 4.69) is 10.6 Å². The van der Waals surface area contributed by atoms with Crippen molar-refractivity contribution >= 4 is 29.2 Å². The molecule has 0 saturated heterocycles. The van der Waals surface area contributed by atoms with Crippen LogP contribution in [0.5, 0.6) is 0 Å². The van der Waals surface area contributed by atoms with Crippen LogP contribution in [0.25, 0.3) is 0 Å². The van der Waals surface area contributed by atoms with Crippen molar-refractivity contribution in [3.05, 3.63) is 29.3 Å². The van der Waals surface area contributed by atoms with Crippen LogP contribution in [0.4, 0.5) is 5.69 Å². The van der Waals surface area contributed by atoms with Gasteiger partial charge in [-0.2, -0.15) is 0 Å². The first kappa shape index (κ1) is 13.3. The second-order valence-electron chi connectivity index (χ2n) is 3.49. The average molecular weight is 257 g/mol. The Morgan fingerprint density at radius 1 is 1.35 bits per heavy atom. The number of aliphatic carboxylic acids is 1. The van der Waals surface area contributed by atoms with E-state index < -0.39 is 12.0 Å². The zero-order chi connectivity index (χ0) is 12.8. The Morgan fingerprint density at radius 3 is 2.47 bits per heavy atom. The van der Waals surface area contributed by atoms with Gasteiger partial charge >= 0.3 is 5.97 Å². The molecule has 1 atom stereocenters. The van der Waals surface area contributed by atoms with Crippen LogP contribution in [0.3, 0.4) is 0 Å². The maximum atomic E-state index is 11.3. The van der Waals surface area contributed by atoms with Crippen molar-refractivity contribution in [1.29, 1.82) is 0 Å². The Bertz CT molecular complexity index is 406. The second kappa shape index (κ2) is 6.10. The molecule has 0 unspecified atom stereocenters. The van der Waals surface area contributed by atoms with Gasteiger partial charge < -0.3 is 15.7 Å². The first-order valence-corrected chi connectivity index (χ1v) is 5.38. The molecule has 5 nitrogen and oxygen atoms in total. The molecule has 0 aromatic heterocycles. The highest BCUT2D eigenvalue weighted by Gasteiger charge is 2.13. The minimum absolute atomic E-state index is 0.0131. The summed E-state index contributed by atoms with van der Waals surface area (Å²) in [7, 11) is 0. The van der Waals surface area contributed by atoms with Crippen molar-refractivity contribution in [1.82, 2.24) is 5.32 Å². The maximum absolute atomic E-state index is 11.3. The first-order valence-electron chi connectivity index (χ1n) is 5.00. The molecule has 0 heterocycles. The van der Waals surface area contributed by atoms with Crippen molar-refractivity contribution in [2.75, 3.05) is 11.9 Å². The van der Waals surface area contributed by atoms with Gasteiger partial charge in [0.15, 0.2) is 0 Å². The number of rotatable bonds is 5. The van der Waals surface area contributed by atoms with Gasteiger partial charge in [-0.3, -0.25) is 9.59 Å². The number of carbonyl (C=O) groups is 2. The standard InChI is InChI=1S/C11H13ClN2O3/c1-7(11(16)17)14-10(15)6-13-9-4-2-8(12)3-5-9/h2-5,7,13H,6H2,1H3,(H,14,15)(H,16,17)/t7-/m0/s1. The average Bonchev–Trinajstić information content (AvgIpc) is 2.28. The van der Waals surface area contributed by atoms with E-state index >= 15 is 0 Å². The summed E-state index contributed by atoms with van der Waals surface area (Å²) in [5.41, 5.74) is 0.743. The molecule has 0 saturated carbocycles. The zero-order valence-corrected chi connectivity index (χ0v) is 9.99. The van der Waals surface area contributed by atoms with Crippen LogP contribution >= 0.6 is 11.6 Å². The molecule has 0 aliphatic heterocycles. The van der Waals surface area contributed by atoms with Gasteiger partial charge in [-0.05, 0) is 31.2 Å². The fourth-order valence-electron chi connectivity index (χ4n) is 1.10. The minimum Gasteiger partial charge on any atom is -0.480 e. The van der Waals surface area contributed by atoms with E-state index in [9.17, 15) is 9.59 Å². The fourth-order valence-corrected chi connectivity index (χ4v) is 1.23. The predicted molar refractivity (Wildman–Crippen MR) is 65.2 cm³/mol. The number of carboxylic acids is 1. The number of hydrogen-bond acceptors (Lipinski definition) is 3. The van der Waals surface area contributed by atoms with Crippen LogP contribution < -0.4 is 10.6 Å². The number of carboxylic acid groups (broad SMARTS) is 1. The number of benzene rings is 1. The zero-order valence-electron chi connectivity index (χ0n) is 9.24. The Kier molecular flexibility index (Phi) is 4.78. The highest BCUT2D eigenvalue weighted by atomic mass is 35.5. The molecule has 0 aliphatic carbocycles. The second-order valence-corrected chi connectivity index (χ2v) is 3.92. The van der Waals surface area contributed by atoms with Gasteiger partial charge in [-0.15, -0.1) is 0 Å². The van der Waals surface area contributed by atoms with Gasteiger partial charge in [-0.25, -0.2) is 0 Å². The summed E-state index contributed by atoms with van der Waals surface area (Å²) in [4.78, 5) is 21.8. The Labute approximate surface area is 104 Å². The number of amides is 1. The molecular formula is C11H13ClN2O3. The normalized spacial score (nSPS) is 11.6. The summed E-state index contributed by atoms with van der Waals surface area (Å²) in [6, 6.07) is 5.96. The Balaban J connectivity index is 2.38. The lowest BCUT2D eigenvalue weighted by Crippen LogP contribution is -2.41. The molecule has 17 heavy (non-hydrogen) atoms. The smallest absolute Gasteiger partial charge is 0.325 e. The molecule has 1 rings (SSSR count). The fraction of sp³-hybridized carbons (Fsp3) is 0.273. The number of nitrogens with one attached hydrogen (secondary N) is 2. The highest BCUT2D eigenvalue weighted by molar-refractivity contribution is 6.30. The number of carbonyl (C=O) groups excluding carboxylic acids is 1. The van der Waals surface area contributed by atoms with E-state index in [0.29, 0.717) is 5.02 Å². The van der Waals surface area contributed by atoms with Crippen LogP contribution in [0, 0.1) is 0 Å². The van der Waals surface area contributed by atoms with Crippen molar-refractivity contribution in [3.8, 4) is 0 Å². The predicted octanol–water partition coefficient (Wildman–Crippen LogP) is 1.34. The SMILES string of the molecule is C[C@H](NC(=O)CNc1ccc(Cl)cc1)C(=O)O. The lowest BCUT2D eigenvalue weighted by Gasteiger charge is -2.10. The minimum atomic E-state index is -1.06. The third kappa shape index (κ3) is 4.74.